The highest BCUT2D eigenvalue weighted by atomic mass is 32.2. The summed E-state index contributed by atoms with van der Waals surface area (Å²) in [5.41, 5.74) is 4.11. The van der Waals surface area contributed by atoms with Gasteiger partial charge in [0.05, 0.1) is 10.6 Å². The van der Waals surface area contributed by atoms with Gasteiger partial charge in [-0.1, -0.05) is 18.2 Å². The molecule has 148 valence electrons. The van der Waals surface area contributed by atoms with Gasteiger partial charge < -0.3 is 9.90 Å². The first kappa shape index (κ1) is 20.0. The summed E-state index contributed by atoms with van der Waals surface area (Å²) in [6.45, 7) is 2.10. The van der Waals surface area contributed by atoms with E-state index < -0.39 is 21.9 Å². The molecule has 8 nitrogen and oxygen atoms in total. The van der Waals surface area contributed by atoms with E-state index in [9.17, 15) is 18.3 Å². The molecule has 0 unspecified atom stereocenters. The second-order valence-electron chi connectivity index (χ2n) is 6.55. The average Bonchev–Trinajstić information content (AvgIpc) is 2.73. The van der Waals surface area contributed by atoms with Crippen LogP contribution in [0.4, 0.5) is 5.82 Å². The van der Waals surface area contributed by atoms with E-state index in [1.807, 2.05) is 6.07 Å². The molecule has 1 aliphatic rings. The predicted octanol–water partition coefficient (Wildman–Crippen LogP) is 1.07. The van der Waals surface area contributed by atoms with Crippen molar-refractivity contribution in [3.05, 3.63) is 54.2 Å². The molecule has 1 aromatic heterocycles. The first-order valence-corrected chi connectivity index (χ1v) is 10.3. The zero-order valence-corrected chi connectivity index (χ0v) is 16.2. The lowest BCUT2D eigenvalue weighted by atomic mass is 9.99. The number of rotatable bonds is 6. The topological polar surface area (TPSA) is 115 Å². The van der Waals surface area contributed by atoms with Crippen LogP contribution in [0.3, 0.4) is 0 Å². The normalized spacial score (nSPS) is 16.7. The van der Waals surface area contributed by atoms with Crippen LogP contribution in [0.1, 0.15) is 25.3 Å². The smallest absolute Gasteiger partial charge is 0.243 e. The van der Waals surface area contributed by atoms with Crippen LogP contribution in [0.25, 0.3) is 0 Å². The molecule has 0 atom stereocenters. The van der Waals surface area contributed by atoms with Gasteiger partial charge in [-0.3, -0.25) is 5.43 Å². The Labute approximate surface area is 164 Å². The summed E-state index contributed by atoms with van der Waals surface area (Å²) in [7, 11) is -3.70. The van der Waals surface area contributed by atoms with Gasteiger partial charge in [0.15, 0.2) is 0 Å². The highest BCUT2D eigenvalue weighted by Crippen LogP contribution is 2.24. The number of aromatic nitrogens is 1. The molecule has 3 rings (SSSR count). The van der Waals surface area contributed by atoms with Gasteiger partial charge in [-0.2, -0.15) is 9.41 Å². The molecule has 0 bridgehead atoms. The third-order valence-corrected chi connectivity index (χ3v) is 6.57. The molecule has 0 amide bonds. The second kappa shape index (κ2) is 8.49. The van der Waals surface area contributed by atoms with Crippen molar-refractivity contribution in [3.8, 4) is 0 Å². The molecule has 0 radical (unpaired) electrons. The third kappa shape index (κ3) is 4.55. The molecule has 2 aromatic rings. The molecule has 2 heterocycles. The number of nitrogens with one attached hydrogen (secondary N) is 1. The van der Waals surface area contributed by atoms with Gasteiger partial charge in [0.25, 0.3) is 0 Å². The number of benzene rings is 1. The van der Waals surface area contributed by atoms with E-state index in [1.165, 1.54) is 10.4 Å². The van der Waals surface area contributed by atoms with Gasteiger partial charge in [-0.25, -0.2) is 13.4 Å². The Bertz CT molecular complexity index is 968. The fraction of sp³-hybridized carbons (Fsp3) is 0.316. The fourth-order valence-corrected chi connectivity index (χ4v) is 4.51. The molecule has 1 N–H and O–H groups in total. The summed E-state index contributed by atoms with van der Waals surface area (Å²) in [5, 5.41) is 15.2. The average molecular weight is 401 g/mol. The summed E-state index contributed by atoms with van der Waals surface area (Å²) in [5.74, 6) is -1.13. The Hall–Kier alpha value is -2.78. The number of hydrogen-bond acceptors (Lipinski definition) is 7. The molecular weight excluding hydrogens is 380 g/mol. The molecule has 0 saturated carbocycles. The van der Waals surface area contributed by atoms with Gasteiger partial charge in [0.2, 0.25) is 10.0 Å². The van der Waals surface area contributed by atoms with Gasteiger partial charge >= 0.3 is 0 Å². The number of anilines is 1. The van der Waals surface area contributed by atoms with Crippen LogP contribution in [0.15, 0.2) is 58.7 Å². The number of carbonyl (C=O) groups is 1. The van der Waals surface area contributed by atoms with Crippen molar-refractivity contribution in [1.29, 1.82) is 0 Å². The summed E-state index contributed by atoms with van der Waals surface area (Å²) in [6.07, 6.45) is 2.16. The van der Waals surface area contributed by atoms with Gasteiger partial charge in [-0.15, -0.1) is 0 Å². The number of carboxylic acid groups (broad SMARTS) is 1. The Morgan fingerprint density at radius 3 is 2.61 bits per heavy atom. The van der Waals surface area contributed by atoms with E-state index in [2.05, 4.69) is 15.5 Å². The number of nitrogens with zero attached hydrogens (tertiary/aromatic N) is 3. The number of sulfonamides is 1. The maximum absolute atomic E-state index is 12.9. The fourth-order valence-electron chi connectivity index (χ4n) is 3.00. The van der Waals surface area contributed by atoms with Crippen molar-refractivity contribution in [2.45, 2.75) is 24.7 Å². The Morgan fingerprint density at radius 1 is 1.21 bits per heavy atom. The van der Waals surface area contributed by atoms with Crippen LogP contribution < -0.4 is 10.5 Å². The number of hydrogen-bond donors (Lipinski definition) is 1. The summed E-state index contributed by atoms with van der Waals surface area (Å²) >= 11 is 0. The van der Waals surface area contributed by atoms with E-state index in [0.717, 1.165) is 0 Å². The minimum absolute atomic E-state index is 0.157. The van der Waals surface area contributed by atoms with E-state index in [-0.39, 0.29) is 30.8 Å². The van der Waals surface area contributed by atoms with Crippen LogP contribution in [0.2, 0.25) is 0 Å². The quantitative estimate of drug-likeness (QED) is 0.572. The minimum Gasteiger partial charge on any atom is -0.550 e. The van der Waals surface area contributed by atoms with Crippen molar-refractivity contribution >= 4 is 27.5 Å². The van der Waals surface area contributed by atoms with Crippen molar-refractivity contribution in [1.82, 2.24) is 9.29 Å². The first-order chi connectivity index (χ1) is 13.4. The van der Waals surface area contributed by atoms with Crippen molar-refractivity contribution in [2.24, 2.45) is 11.0 Å². The van der Waals surface area contributed by atoms with Gasteiger partial charge in [0, 0.05) is 31.2 Å². The second-order valence-corrected chi connectivity index (χ2v) is 8.49. The Morgan fingerprint density at radius 2 is 1.96 bits per heavy atom. The molecule has 28 heavy (non-hydrogen) atoms. The van der Waals surface area contributed by atoms with E-state index in [4.69, 9.17) is 0 Å². The number of carbonyl (C=O) groups excluding carboxylic acids is 1. The largest absolute Gasteiger partial charge is 0.550 e. The molecule has 1 fully saturated rings. The SMILES string of the molecule is C/C(=N/Nc1ccccn1)c1cccc(S(=O)(=O)N2CCC(C(=O)[O-])CC2)c1. The maximum Gasteiger partial charge on any atom is 0.243 e. The monoisotopic (exact) mass is 401 g/mol. The zero-order chi connectivity index (χ0) is 20.1. The number of pyridine rings is 1. The molecule has 1 aromatic carbocycles. The van der Waals surface area contributed by atoms with Crippen LogP contribution >= 0.6 is 0 Å². The lowest BCUT2D eigenvalue weighted by Crippen LogP contribution is -2.43. The molecule has 0 spiro atoms. The molecule has 9 heteroatoms. The summed E-state index contributed by atoms with van der Waals surface area (Å²) < 4.78 is 27.2. The van der Waals surface area contributed by atoms with Gasteiger partial charge in [-0.05, 0) is 49.6 Å². The summed E-state index contributed by atoms with van der Waals surface area (Å²) in [6, 6.07) is 11.9. The number of hydrazone groups is 1. The van der Waals surface area contributed by atoms with Crippen molar-refractivity contribution < 1.29 is 18.3 Å². The number of aliphatic carboxylic acids is 1. The first-order valence-electron chi connectivity index (χ1n) is 8.90. The zero-order valence-electron chi connectivity index (χ0n) is 15.4. The lowest BCUT2D eigenvalue weighted by Gasteiger charge is -2.31. The van der Waals surface area contributed by atoms with Crippen LogP contribution in [0, 0.1) is 5.92 Å². The molecule has 0 aliphatic carbocycles. The van der Waals surface area contributed by atoms with E-state index in [0.29, 0.717) is 17.1 Å². The molecular formula is C19H21N4O4S-. The lowest BCUT2D eigenvalue weighted by molar-refractivity contribution is -0.312. The number of piperidine rings is 1. The molecule has 1 saturated heterocycles. The Kier molecular flexibility index (Phi) is 6.05. The van der Waals surface area contributed by atoms with Crippen LogP contribution in [-0.4, -0.2) is 42.5 Å². The van der Waals surface area contributed by atoms with Crippen LogP contribution in [-0.2, 0) is 14.8 Å². The van der Waals surface area contributed by atoms with Crippen LogP contribution in [0.5, 0.6) is 0 Å². The third-order valence-electron chi connectivity index (χ3n) is 4.68. The van der Waals surface area contributed by atoms with E-state index >= 15 is 0 Å². The highest BCUT2D eigenvalue weighted by Gasteiger charge is 2.29. The Balaban J connectivity index is 1.76. The highest BCUT2D eigenvalue weighted by molar-refractivity contribution is 7.89. The van der Waals surface area contributed by atoms with E-state index in [1.54, 1.807) is 43.5 Å². The van der Waals surface area contributed by atoms with Crippen molar-refractivity contribution in [3.63, 3.8) is 0 Å². The standard InChI is InChI=1S/C19H22N4O4S/c1-14(21-22-18-7-2-3-10-20-18)16-5-4-6-17(13-16)28(26,27)23-11-8-15(9-12-23)19(24)25/h2-7,10,13,15H,8-9,11-12H2,1H3,(H,20,22)(H,24,25)/p-1/b21-14-. The minimum atomic E-state index is -3.70. The van der Waals surface area contributed by atoms with Crippen molar-refractivity contribution in [2.75, 3.05) is 18.5 Å². The molecule has 1 aliphatic heterocycles. The predicted molar refractivity (Wildman–Crippen MR) is 103 cm³/mol. The van der Waals surface area contributed by atoms with Gasteiger partial charge in [0.1, 0.15) is 5.82 Å². The maximum atomic E-state index is 12.9. The number of carboxylic acids is 1. The summed E-state index contributed by atoms with van der Waals surface area (Å²) in [4.78, 5) is 15.2.